The molecule has 1 aromatic carbocycles. The minimum Gasteiger partial charge on any atom is -0.494 e. The van der Waals surface area contributed by atoms with Gasteiger partial charge in [0.2, 0.25) is 5.88 Å². The zero-order chi connectivity index (χ0) is 17.9. The molecule has 0 amide bonds. The molecule has 1 aromatic heterocycles. The van der Waals surface area contributed by atoms with Crippen molar-refractivity contribution in [2.24, 2.45) is 4.99 Å². The number of aliphatic imine (C=N–C) groups is 1. The molecule has 0 spiro atoms. The van der Waals surface area contributed by atoms with Crippen LogP contribution in [0.5, 0.6) is 5.88 Å². The van der Waals surface area contributed by atoms with E-state index in [1.165, 1.54) is 31.2 Å². The molecule has 24 heavy (non-hydrogen) atoms. The zero-order valence-corrected chi connectivity index (χ0v) is 12.8. The van der Waals surface area contributed by atoms with Crippen LogP contribution in [-0.2, 0) is 6.54 Å². The van der Waals surface area contributed by atoms with E-state index in [-0.39, 0.29) is 23.4 Å². The van der Waals surface area contributed by atoms with Crippen molar-refractivity contribution in [2.45, 2.75) is 13.5 Å². The highest BCUT2D eigenvalue weighted by molar-refractivity contribution is 6.02. The van der Waals surface area contributed by atoms with E-state index in [4.69, 9.17) is 5.11 Å². The Morgan fingerprint density at radius 1 is 1.42 bits per heavy atom. The summed E-state index contributed by atoms with van der Waals surface area (Å²) in [7, 11) is 0. The van der Waals surface area contributed by atoms with E-state index in [1.807, 2.05) is 0 Å². The molecule has 124 valence electrons. The van der Waals surface area contributed by atoms with Gasteiger partial charge in [0.1, 0.15) is 5.56 Å². The van der Waals surface area contributed by atoms with Crippen LogP contribution in [0.3, 0.4) is 0 Å². The van der Waals surface area contributed by atoms with Gasteiger partial charge in [-0.2, -0.15) is 0 Å². The van der Waals surface area contributed by atoms with E-state index in [9.17, 15) is 19.5 Å². The van der Waals surface area contributed by atoms with Gasteiger partial charge in [-0.1, -0.05) is 12.1 Å². The summed E-state index contributed by atoms with van der Waals surface area (Å²) in [4.78, 5) is 40.9. The third-order valence-corrected chi connectivity index (χ3v) is 3.24. The van der Waals surface area contributed by atoms with Gasteiger partial charge in [0, 0.05) is 6.54 Å². The van der Waals surface area contributed by atoms with E-state index in [0.717, 1.165) is 4.57 Å². The summed E-state index contributed by atoms with van der Waals surface area (Å²) < 4.78 is 0.941. The van der Waals surface area contributed by atoms with Crippen molar-refractivity contribution in [2.75, 3.05) is 0 Å². The number of nitrogens with one attached hydrogen (secondary N) is 1. The third-order valence-electron chi connectivity index (χ3n) is 3.24. The Kier molecular flexibility index (Phi) is 4.78. The number of H-pyrrole nitrogens is 1. The Labute approximate surface area is 136 Å². The van der Waals surface area contributed by atoms with Crippen LogP contribution in [0.15, 0.2) is 51.5 Å². The summed E-state index contributed by atoms with van der Waals surface area (Å²) >= 11 is 0. The molecule has 2 rings (SSSR count). The molecule has 0 bridgehead atoms. The quantitative estimate of drug-likeness (QED) is 0.563. The maximum atomic E-state index is 12.0. The summed E-state index contributed by atoms with van der Waals surface area (Å²) in [6.45, 7) is 4.96. The number of carbonyl (C=O) groups is 1. The SMILES string of the molecule is C=CCn1c(O)c(C(C)=Nc2cccc(C(=O)O)c2)c(=O)[nH]c1=O. The fourth-order valence-corrected chi connectivity index (χ4v) is 2.14. The first-order valence-electron chi connectivity index (χ1n) is 6.91. The summed E-state index contributed by atoms with van der Waals surface area (Å²) in [5, 5.41) is 19.2. The van der Waals surface area contributed by atoms with Crippen molar-refractivity contribution in [3.05, 3.63) is 68.9 Å². The second-order valence-electron chi connectivity index (χ2n) is 4.91. The smallest absolute Gasteiger partial charge is 0.335 e. The summed E-state index contributed by atoms with van der Waals surface area (Å²) in [5.74, 6) is -1.63. The van der Waals surface area contributed by atoms with Crippen LogP contribution in [-0.4, -0.2) is 31.4 Å². The Morgan fingerprint density at radius 3 is 2.75 bits per heavy atom. The second-order valence-corrected chi connectivity index (χ2v) is 4.91. The monoisotopic (exact) mass is 329 g/mol. The summed E-state index contributed by atoms with van der Waals surface area (Å²) in [6.07, 6.45) is 1.39. The molecule has 0 aliphatic rings. The molecule has 1 heterocycles. The van der Waals surface area contributed by atoms with Crippen LogP contribution in [0.1, 0.15) is 22.8 Å². The lowest BCUT2D eigenvalue weighted by Crippen LogP contribution is -2.33. The number of aromatic amines is 1. The number of carboxylic acid groups (broad SMARTS) is 1. The molecule has 8 nitrogen and oxygen atoms in total. The number of allylic oxidation sites excluding steroid dienone is 1. The highest BCUT2D eigenvalue weighted by atomic mass is 16.4. The largest absolute Gasteiger partial charge is 0.494 e. The summed E-state index contributed by atoms with van der Waals surface area (Å²) in [6, 6.07) is 5.81. The maximum Gasteiger partial charge on any atom is 0.335 e. The van der Waals surface area contributed by atoms with Crippen molar-refractivity contribution in [1.82, 2.24) is 9.55 Å². The number of hydrogen-bond donors (Lipinski definition) is 3. The predicted molar refractivity (Wildman–Crippen MR) is 88.5 cm³/mol. The van der Waals surface area contributed by atoms with Crippen LogP contribution >= 0.6 is 0 Å². The lowest BCUT2D eigenvalue weighted by atomic mass is 10.2. The number of carboxylic acids is 1. The van der Waals surface area contributed by atoms with Gasteiger partial charge in [-0.15, -0.1) is 6.58 Å². The van der Waals surface area contributed by atoms with Gasteiger partial charge in [-0.3, -0.25) is 19.3 Å². The van der Waals surface area contributed by atoms with Gasteiger partial charge >= 0.3 is 11.7 Å². The number of aromatic nitrogens is 2. The molecular weight excluding hydrogens is 314 g/mol. The molecule has 2 aromatic rings. The predicted octanol–water partition coefficient (Wildman–Crippen LogP) is 1.27. The minimum absolute atomic E-state index is 0.0101. The molecule has 3 N–H and O–H groups in total. The van der Waals surface area contributed by atoms with Gasteiger partial charge < -0.3 is 10.2 Å². The molecule has 0 saturated heterocycles. The van der Waals surface area contributed by atoms with Crippen LogP contribution in [0.4, 0.5) is 5.69 Å². The lowest BCUT2D eigenvalue weighted by Gasteiger charge is -2.09. The van der Waals surface area contributed by atoms with Crippen molar-refractivity contribution in [3.63, 3.8) is 0 Å². The second kappa shape index (κ2) is 6.78. The van der Waals surface area contributed by atoms with E-state index in [1.54, 1.807) is 6.07 Å². The minimum atomic E-state index is -1.11. The van der Waals surface area contributed by atoms with Crippen molar-refractivity contribution in [3.8, 4) is 5.88 Å². The first kappa shape index (κ1) is 16.9. The molecule has 0 fully saturated rings. The van der Waals surface area contributed by atoms with Gasteiger partial charge in [0.15, 0.2) is 0 Å². The molecule has 0 aliphatic carbocycles. The third kappa shape index (κ3) is 3.32. The Hall–Kier alpha value is -3.42. The lowest BCUT2D eigenvalue weighted by molar-refractivity contribution is 0.0697. The average Bonchev–Trinajstić information content (AvgIpc) is 2.51. The molecule has 0 radical (unpaired) electrons. The molecular formula is C16H15N3O5. The first-order valence-corrected chi connectivity index (χ1v) is 6.91. The topological polar surface area (TPSA) is 125 Å². The molecule has 8 heteroatoms. The Morgan fingerprint density at radius 2 is 2.12 bits per heavy atom. The molecule has 0 unspecified atom stereocenters. The molecule has 0 atom stereocenters. The van der Waals surface area contributed by atoms with E-state index in [0.29, 0.717) is 5.69 Å². The normalized spacial score (nSPS) is 11.3. The highest BCUT2D eigenvalue weighted by Crippen LogP contribution is 2.18. The van der Waals surface area contributed by atoms with Crippen molar-refractivity contribution < 1.29 is 15.0 Å². The Bertz CT molecular complexity index is 953. The molecule has 0 aliphatic heterocycles. The van der Waals surface area contributed by atoms with Gasteiger partial charge in [-0.05, 0) is 25.1 Å². The van der Waals surface area contributed by atoms with Crippen LogP contribution in [0.25, 0.3) is 0 Å². The van der Waals surface area contributed by atoms with Crippen molar-refractivity contribution in [1.29, 1.82) is 0 Å². The average molecular weight is 329 g/mol. The van der Waals surface area contributed by atoms with E-state index >= 15 is 0 Å². The van der Waals surface area contributed by atoms with Gasteiger partial charge in [-0.25, -0.2) is 9.59 Å². The highest BCUT2D eigenvalue weighted by Gasteiger charge is 2.16. The van der Waals surface area contributed by atoms with Crippen molar-refractivity contribution >= 4 is 17.4 Å². The number of rotatable bonds is 5. The maximum absolute atomic E-state index is 12.0. The fourth-order valence-electron chi connectivity index (χ4n) is 2.14. The van der Waals surface area contributed by atoms with E-state index in [2.05, 4.69) is 16.6 Å². The number of nitrogens with zero attached hydrogens (tertiary/aromatic N) is 2. The zero-order valence-electron chi connectivity index (χ0n) is 12.8. The molecule has 0 saturated carbocycles. The van der Waals surface area contributed by atoms with E-state index < -0.39 is 23.1 Å². The Balaban J connectivity index is 2.59. The van der Waals surface area contributed by atoms with Crippen LogP contribution in [0, 0.1) is 0 Å². The number of aromatic carboxylic acids is 1. The number of aromatic hydroxyl groups is 1. The fraction of sp³-hybridized carbons (Fsp3) is 0.125. The van der Waals surface area contributed by atoms with Gasteiger partial charge in [0.05, 0.1) is 17.0 Å². The van der Waals surface area contributed by atoms with Crippen LogP contribution in [0.2, 0.25) is 0 Å². The standard InChI is InChI=1S/C16H15N3O5/c1-3-7-19-14(21)12(13(20)18-16(19)24)9(2)17-11-6-4-5-10(8-11)15(22)23/h3-6,8,21H,1,7H2,2H3,(H,22,23)(H,18,20,24). The number of hydrogen-bond acceptors (Lipinski definition) is 5. The summed E-state index contributed by atoms with van der Waals surface area (Å²) in [5.41, 5.74) is -1.24. The first-order chi connectivity index (χ1) is 11.3. The van der Waals surface area contributed by atoms with Gasteiger partial charge in [0.25, 0.3) is 5.56 Å². The van der Waals surface area contributed by atoms with Crippen LogP contribution < -0.4 is 11.2 Å². The number of benzene rings is 1.